The van der Waals surface area contributed by atoms with Crippen molar-refractivity contribution in [3.05, 3.63) is 0 Å². The normalized spacial score (nSPS) is 29.6. The Hall–Kier alpha value is -1.14. The Bertz CT molecular complexity index is 260. The first kappa shape index (κ1) is 12.9. The summed E-state index contributed by atoms with van der Waals surface area (Å²) < 4.78 is 9.90. The van der Waals surface area contributed by atoms with Gasteiger partial charge >= 0.3 is 6.09 Å². The van der Waals surface area contributed by atoms with Gasteiger partial charge < -0.3 is 14.4 Å². The number of imide groups is 1. The molecule has 1 saturated heterocycles. The second-order valence-electron chi connectivity index (χ2n) is 4.13. The fraction of sp³-hybridized carbons (Fsp3) is 0.800. The Morgan fingerprint density at radius 1 is 1.38 bits per heavy atom. The van der Waals surface area contributed by atoms with Crippen LogP contribution in [0.25, 0.3) is 0 Å². The van der Waals surface area contributed by atoms with Crippen LogP contribution >= 0.6 is 0 Å². The smallest absolute Gasteiger partial charge is 0.413 e. The van der Waals surface area contributed by atoms with Crippen molar-refractivity contribution in [2.45, 2.75) is 26.1 Å². The Kier molecular flexibility index (Phi) is 4.70. The molecule has 2 atom stereocenters. The first-order valence-corrected chi connectivity index (χ1v) is 5.38. The fourth-order valence-electron chi connectivity index (χ4n) is 1.97. The number of nitrogens with one attached hydrogen (secondary N) is 2. The van der Waals surface area contributed by atoms with Crippen molar-refractivity contribution >= 4 is 12.0 Å². The SMILES string of the molecule is COC(=O)NC(=O)C[NH+]1C[C@H](C)O[C@@H](C)C1. The van der Waals surface area contributed by atoms with Gasteiger partial charge in [-0.2, -0.15) is 0 Å². The molecule has 0 aromatic rings. The summed E-state index contributed by atoms with van der Waals surface area (Å²) >= 11 is 0. The van der Waals surface area contributed by atoms with Gasteiger partial charge in [0.1, 0.15) is 25.3 Å². The predicted molar refractivity (Wildman–Crippen MR) is 56.1 cm³/mol. The van der Waals surface area contributed by atoms with Crippen LogP contribution in [0.15, 0.2) is 0 Å². The first-order valence-electron chi connectivity index (χ1n) is 5.38. The third-order valence-electron chi connectivity index (χ3n) is 2.45. The van der Waals surface area contributed by atoms with Crippen LogP contribution < -0.4 is 10.2 Å². The average molecular weight is 231 g/mol. The van der Waals surface area contributed by atoms with Gasteiger partial charge in [0.15, 0.2) is 6.54 Å². The van der Waals surface area contributed by atoms with Gasteiger partial charge in [-0.25, -0.2) is 4.79 Å². The molecule has 0 aromatic carbocycles. The van der Waals surface area contributed by atoms with Crippen LogP contribution in [0.1, 0.15) is 13.8 Å². The molecule has 0 aliphatic carbocycles. The van der Waals surface area contributed by atoms with Gasteiger partial charge in [0.05, 0.1) is 7.11 Å². The van der Waals surface area contributed by atoms with E-state index in [9.17, 15) is 9.59 Å². The minimum Gasteiger partial charge on any atom is -0.453 e. The maximum Gasteiger partial charge on any atom is 0.413 e. The third-order valence-corrected chi connectivity index (χ3v) is 2.45. The summed E-state index contributed by atoms with van der Waals surface area (Å²) in [4.78, 5) is 23.3. The van der Waals surface area contributed by atoms with E-state index in [0.717, 1.165) is 18.0 Å². The lowest BCUT2D eigenvalue weighted by molar-refractivity contribution is -0.907. The van der Waals surface area contributed by atoms with Crippen LogP contribution in [0.3, 0.4) is 0 Å². The van der Waals surface area contributed by atoms with E-state index in [4.69, 9.17) is 4.74 Å². The molecule has 1 fully saturated rings. The fourth-order valence-corrected chi connectivity index (χ4v) is 1.97. The molecule has 1 aliphatic rings. The molecule has 1 heterocycles. The molecular weight excluding hydrogens is 212 g/mol. The molecule has 16 heavy (non-hydrogen) atoms. The van der Waals surface area contributed by atoms with Crippen LogP contribution in [-0.4, -0.2) is 51.0 Å². The number of carbonyl (C=O) groups is 2. The van der Waals surface area contributed by atoms with Crippen molar-refractivity contribution in [2.75, 3.05) is 26.7 Å². The number of ether oxygens (including phenoxy) is 2. The molecule has 6 heteroatoms. The number of quaternary nitrogens is 1. The van der Waals surface area contributed by atoms with E-state index in [1.165, 1.54) is 7.11 Å². The highest BCUT2D eigenvalue weighted by Gasteiger charge is 2.27. The highest BCUT2D eigenvalue weighted by molar-refractivity contribution is 5.92. The lowest BCUT2D eigenvalue weighted by atomic mass is 10.2. The van der Waals surface area contributed by atoms with E-state index in [1.807, 2.05) is 13.8 Å². The minimum atomic E-state index is -0.709. The van der Waals surface area contributed by atoms with Crippen LogP contribution in [0.4, 0.5) is 4.79 Å². The van der Waals surface area contributed by atoms with Gasteiger partial charge in [0.25, 0.3) is 5.91 Å². The molecule has 0 radical (unpaired) electrons. The summed E-state index contributed by atoms with van der Waals surface area (Å²) in [6.07, 6.45) is -0.423. The second kappa shape index (κ2) is 5.81. The molecule has 1 rings (SSSR count). The monoisotopic (exact) mass is 231 g/mol. The number of hydrogen-bond donors (Lipinski definition) is 2. The lowest BCUT2D eigenvalue weighted by Gasteiger charge is -2.31. The number of carbonyl (C=O) groups excluding carboxylic acids is 2. The van der Waals surface area contributed by atoms with E-state index in [1.54, 1.807) is 0 Å². The zero-order valence-corrected chi connectivity index (χ0v) is 9.91. The van der Waals surface area contributed by atoms with E-state index >= 15 is 0 Å². The van der Waals surface area contributed by atoms with Crippen LogP contribution in [0.5, 0.6) is 0 Å². The molecular formula is C10H19N2O4+. The summed E-state index contributed by atoms with van der Waals surface area (Å²) in [5, 5.41) is 2.14. The van der Waals surface area contributed by atoms with Gasteiger partial charge in [-0.3, -0.25) is 10.1 Å². The maximum atomic E-state index is 11.4. The molecule has 1 aliphatic heterocycles. The summed E-state index contributed by atoms with van der Waals surface area (Å²) in [5.41, 5.74) is 0. The molecule has 92 valence electrons. The zero-order valence-electron chi connectivity index (χ0n) is 9.91. The van der Waals surface area contributed by atoms with E-state index in [2.05, 4.69) is 10.1 Å². The Labute approximate surface area is 94.9 Å². The maximum absolute atomic E-state index is 11.4. The van der Waals surface area contributed by atoms with Crippen LogP contribution in [-0.2, 0) is 14.3 Å². The predicted octanol–water partition coefficient (Wildman–Crippen LogP) is -1.44. The van der Waals surface area contributed by atoms with Gasteiger partial charge in [-0.15, -0.1) is 0 Å². The van der Waals surface area contributed by atoms with Crippen molar-refractivity contribution in [2.24, 2.45) is 0 Å². The molecule has 0 aromatic heterocycles. The molecule has 0 bridgehead atoms. The van der Waals surface area contributed by atoms with Crippen LogP contribution in [0.2, 0.25) is 0 Å². The Morgan fingerprint density at radius 3 is 2.44 bits per heavy atom. The number of amides is 2. The molecule has 6 nitrogen and oxygen atoms in total. The number of alkyl carbamates (subject to hydrolysis) is 1. The number of hydrogen-bond acceptors (Lipinski definition) is 4. The Morgan fingerprint density at radius 2 is 1.94 bits per heavy atom. The number of morpholine rings is 1. The van der Waals surface area contributed by atoms with E-state index in [-0.39, 0.29) is 24.7 Å². The minimum absolute atomic E-state index is 0.143. The third kappa shape index (κ3) is 4.16. The summed E-state index contributed by atoms with van der Waals surface area (Å²) in [5.74, 6) is -0.317. The molecule has 0 unspecified atom stereocenters. The summed E-state index contributed by atoms with van der Waals surface area (Å²) in [7, 11) is 1.23. The lowest BCUT2D eigenvalue weighted by Crippen LogP contribution is -3.16. The van der Waals surface area contributed by atoms with Gasteiger partial charge in [0.2, 0.25) is 0 Å². The largest absolute Gasteiger partial charge is 0.453 e. The van der Waals surface area contributed by atoms with Gasteiger partial charge in [-0.1, -0.05) is 0 Å². The molecule has 0 spiro atoms. The summed E-state index contributed by atoms with van der Waals surface area (Å²) in [6.45, 7) is 5.78. The Balaban J connectivity index is 2.35. The molecule has 2 amide bonds. The van der Waals surface area contributed by atoms with Gasteiger partial charge in [-0.05, 0) is 13.8 Å². The number of methoxy groups -OCH3 is 1. The van der Waals surface area contributed by atoms with Crippen molar-refractivity contribution in [1.82, 2.24) is 5.32 Å². The standard InChI is InChI=1S/C10H18N2O4/c1-7-4-12(5-8(2)16-7)6-9(13)11-10(14)15-3/h7-8H,4-6H2,1-3H3,(H,11,13,14)/p+1/t7-,8-/m0/s1. The van der Waals surface area contributed by atoms with Crippen molar-refractivity contribution in [3.63, 3.8) is 0 Å². The van der Waals surface area contributed by atoms with Crippen molar-refractivity contribution in [3.8, 4) is 0 Å². The zero-order chi connectivity index (χ0) is 12.1. The average Bonchev–Trinajstić information content (AvgIpc) is 2.15. The van der Waals surface area contributed by atoms with E-state index in [0.29, 0.717) is 0 Å². The highest BCUT2D eigenvalue weighted by Crippen LogP contribution is 1.97. The second-order valence-corrected chi connectivity index (χ2v) is 4.13. The molecule has 0 saturated carbocycles. The topological polar surface area (TPSA) is 69.1 Å². The van der Waals surface area contributed by atoms with Crippen LogP contribution in [0, 0.1) is 0 Å². The van der Waals surface area contributed by atoms with Gasteiger partial charge in [0, 0.05) is 0 Å². The van der Waals surface area contributed by atoms with Crippen molar-refractivity contribution < 1.29 is 24.0 Å². The molecule has 2 N–H and O–H groups in total. The summed E-state index contributed by atoms with van der Waals surface area (Å²) in [6, 6.07) is 0. The number of rotatable bonds is 2. The highest BCUT2D eigenvalue weighted by atomic mass is 16.5. The quantitative estimate of drug-likeness (QED) is 0.611. The van der Waals surface area contributed by atoms with Crippen molar-refractivity contribution in [1.29, 1.82) is 0 Å². The first-order chi connectivity index (χ1) is 7.51. The van der Waals surface area contributed by atoms with E-state index < -0.39 is 6.09 Å².